The Bertz CT molecular complexity index is 399. The van der Waals surface area contributed by atoms with Crippen molar-refractivity contribution in [3.63, 3.8) is 0 Å². The van der Waals surface area contributed by atoms with Gasteiger partial charge in [-0.2, -0.15) is 0 Å². The minimum absolute atomic E-state index is 0.0286. The fourth-order valence-corrected chi connectivity index (χ4v) is 1.41. The van der Waals surface area contributed by atoms with E-state index in [1.54, 1.807) is 0 Å². The molecule has 0 atom stereocenters. The van der Waals surface area contributed by atoms with Gasteiger partial charge in [-0.05, 0) is 11.1 Å². The molecule has 0 amide bonds. The van der Waals surface area contributed by atoms with Crippen LogP contribution in [0.4, 0.5) is 0 Å². The number of benzene rings is 1. The summed E-state index contributed by atoms with van der Waals surface area (Å²) in [6.07, 6.45) is 0.367. The molecule has 0 aliphatic heterocycles. The van der Waals surface area contributed by atoms with Crippen LogP contribution in [0.3, 0.4) is 0 Å². The second-order valence-electron chi connectivity index (χ2n) is 3.52. The minimum atomic E-state index is -0.854. The number of hydrogen-bond acceptors (Lipinski definition) is 4. The lowest BCUT2D eigenvalue weighted by Gasteiger charge is -2.05. The van der Waals surface area contributed by atoms with Gasteiger partial charge in [-0.15, -0.1) is 0 Å². The molecule has 0 aliphatic carbocycles. The first-order valence-corrected chi connectivity index (χ1v) is 5.28. The molecule has 0 aliphatic rings. The number of nitrogens with two attached hydrogens (primary N) is 1. The van der Waals surface area contributed by atoms with Crippen molar-refractivity contribution in [2.75, 3.05) is 7.11 Å². The van der Waals surface area contributed by atoms with Gasteiger partial charge in [0.25, 0.3) is 0 Å². The summed E-state index contributed by atoms with van der Waals surface area (Å²) in [5, 5.41) is 12.5. The zero-order valence-electron chi connectivity index (χ0n) is 9.72. The third-order valence-corrected chi connectivity index (χ3v) is 2.30. The lowest BCUT2D eigenvalue weighted by atomic mass is 10.0. The maximum atomic E-state index is 10.5. The minimum Gasteiger partial charge on any atom is -0.481 e. The van der Waals surface area contributed by atoms with Crippen molar-refractivity contribution in [3.8, 4) is 0 Å². The van der Waals surface area contributed by atoms with Crippen LogP contribution in [0, 0.1) is 0 Å². The highest BCUT2D eigenvalue weighted by molar-refractivity contribution is 6.01. The summed E-state index contributed by atoms with van der Waals surface area (Å²) in [5.74, 6) is -0.854. The Morgan fingerprint density at radius 3 is 2.47 bits per heavy atom. The van der Waals surface area contributed by atoms with E-state index in [2.05, 4.69) is 5.16 Å². The molecule has 5 heteroatoms. The topological polar surface area (TPSA) is 84.9 Å². The van der Waals surface area contributed by atoms with E-state index in [1.807, 2.05) is 24.3 Å². The number of oxime groups is 1. The maximum Gasteiger partial charge on any atom is 0.303 e. The fourth-order valence-electron chi connectivity index (χ4n) is 1.41. The molecule has 0 unspecified atom stereocenters. The molecule has 0 bridgehead atoms. The van der Waals surface area contributed by atoms with Gasteiger partial charge in [-0.1, -0.05) is 29.4 Å². The van der Waals surface area contributed by atoms with E-state index in [9.17, 15) is 4.79 Å². The standard InChI is InChI=1S/C12H16N2O3/c1-17-14-11(6-7-12(15)16)10-4-2-9(8-13)3-5-10/h2-5H,6-8,13H2,1H3,(H,15,16)/b14-11+. The van der Waals surface area contributed by atoms with E-state index in [-0.39, 0.29) is 6.42 Å². The normalized spacial score (nSPS) is 11.3. The van der Waals surface area contributed by atoms with Gasteiger partial charge in [0.15, 0.2) is 0 Å². The first-order chi connectivity index (χ1) is 8.17. The molecular weight excluding hydrogens is 220 g/mol. The molecule has 0 radical (unpaired) electrons. The molecule has 1 rings (SSSR count). The van der Waals surface area contributed by atoms with Crippen molar-refractivity contribution in [1.29, 1.82) is 0 Å². The number of nitrogens with zero attached hydrogens (tertiary/aromatic N) is 1. The highest BCUT2D eigenvalue weighted by Gasteiger charge is 2.07. The molecule has 0 spiro atoms. The maximum absolute atomic E-state index is 10.5. The number of carbonyl (C=O) groups is 1. The van der Waals surface area contributed by atoms with Crippen molar-refractivity contribution < 1.29 is 14.7 Å². The third-order valence-electron chi connectivity index (χ3n) is 2.30. The van der Waals surface area contributed by atoms with Gasteiger partial charge in [0.2, 0.25) is 0 Å². The zero-order chi connectivity index (χ0) is 12.7. The summed E-state index contributed by atoms with van der Waals surface area (Å²) >= 11 is 0. The zero-order valence-corrected chi connectivity index (χ0v) is 9.72. The van der Waals surface area contributed by atoms with E-state index in [4.69, 9.17) is 15.7 Å². The van der Waals surface area contributed by atoms with Crippen molar-refractivity contribution >= 4 is 11.7 Å². The first kappa shape index (κ1) is 13.2. The van der Waals surface area contributed by atoms with Crippen LogP contribution >= 0.6 is 0 Å². The molecule has 1 aromatic carbocycles. The first-order valence-electron chi connectivity index (χ1n) is 5.28. The molecule has 0 saturated carbocycles. The van der Waals surface area contributed by atoms with Crippen LogP contribution in [0.15, 0.2) is 29.4 Å². The van der Waals surface area contributed by atoms with Gasteiger partial charge >= 0.3 is 5.97 Å². The van der Waals surface area contributed by atoms with Crippen LogP contribution in [0.5, 0.6) is 0 Å². The Hall–Kier alpha value is -1.88. The van der Waals surface area contributed by atoms with Gasteiger partial charge in [0.05, 0.1) is 12.1 Å². The molecular formula is C12H16N2O3. The summed E-state index contributed by atoms with van der Waals surface area (Å²) in [5.41, 5.74) is 7.99. The Morgan fingerprint density at radius 2 is 2.00 bits per heavy atom. The summed E-state index contributed by atoms with van der Waals surface area (Å²) in [6, 6.07) is 7.51. The molecule has 0 heterocycles. The average Bonchev–Trinajstić information content (AvgIpc) is 2.34. The van der Waals surface area contributed by atoms with Gasteiger partial charge < -0.3 is 15.7 Å². The Morgan fingerprint density at radius 1 is 1.35 bits per heavy atom. The number of aliphatic carboxylic acids is 1. The molecule has 3 N–H and O–H groups in total. The van der Waals surface area contributed by atoms with E-state index >= 15 is 0 Å². The average molecular weight is 236 g/mol. The quantitative estimate of drug-likeness (QED) is 0.577. The van der Waals surface area contributed by atoms with Crippen LogP contribution in [-0.4, -0.2) is 23.9 Å². The second-order valence-corrected chi connectivity index (χ2v) is 3.52. The summed E-state index contributed by atoms with van der Waals surface area (Å²) in [7, 11) is 1.44. The van der Waals surface area contributed by atoms with E-state index in [0.717, 1.165) is 11.1 Å². The number of rotatable bonds is 6. The Balaban J connectivity index is 2.82. The second kappa shape index (κ2) is 6.65. The van der Waals surface area contributed by atoms with E-state index in [1.165, 1.54) is 7.11 Å². The lowest BCUT2D eigenvalue weighted by molar-refractivity contribution is -0.136. The van der Waals surface area contributed by atoms with E-state index in [0.29, 0.717) is 18.7 Å². The predicted molar refractivity (Wildman–Crippen MR) is 64.7 cm³/mol. The van der Waals surface area contributed by atoms with Crippen LogP contribution < -0.4 is 5.73 Å². The Labute approximate surface area is 99.9 Å². The van der Waals surface area contributed by atoms with Gasteiger partial charge in [0.1, 0.15) is 7.11 Å². The number of hydrogen-bond donors (Lipinski definition) is 2. The molecule has 5 nitrogen and oxygen atoms in total. The largest absolute Gasteiger partial charge is 0.481 e. The van der Waals surface area contributed by atoms with Crippen molar-refractivity contribution in [2.24, 2.45) is 10.9 Å². The SMILES string of the molecule is CO/N=C(\CCC(=O)O)c1ccc(CN)cc1. The third kappa shape index (κ3) is 4.24. The number of carboxylic acid groups (broad SMARTS) is 1. The molecule has 92 valence electrons. The highest BCUT2D eigenvalue weighted by atomic mass is 16.6. The van der Waals surface area contributed by atoms with Crippen LogP contribution in [0.1, 0.15) is 24.0 Å². The van der Waals surface area contributed by atoms with E-state index < -0.39 is 5.97 Å². The van der Waals surface area contributed by atoms with Crippen molar-refractivity contribution in [3.05, 3.63) is 35.4 Å². The van der Waals surface area contributed by atoms with Gasteiger partial charge in [-0.25, -0.2) is 0 Å². The molecule has 0 saturated heterocycles. The molecule has 0 fully saturated rings. The summed E-state index contributed by atoms with van der Waals surface area (Å²) in [6.45, 7) is 0.478. The molecule has 1 aromatic rings. The summed E-state index contributed by atoms with van der Waals surface area (Å²) in [4.78, 5) is 15.2. The monoisotopic (exact) mass is 236 g/mol. The van der Waals surface area contributed by atoms with Crippen molar-refractivity contribution in [2.45, 2.75) is 19.4 Å². The van der Waals surface area contributed by atoms with Crippen LogP contribution in [0.25, 0.3) is 0 Å². The lowest BCUT2D eigenvalue weighted by Crippen LogP contribution is -2.06. The molecule has 17 heavy (non-hydrogen) atoms. The van der Waals surface area contributed by atoms with Crippen LogP contribution in [0.2, 0.25) is 0 Å². The highest BCUT2D eigenvalue weighted by Crippen LogP contribution is 2.09. The van der Waals surface area contributed by atoms with Crippen LogP contribution in [-0.2, 0) is 16.2 Å². The molecule has 0 aromatic heterocycles. The fraction of sp³-hybridized carbons (Fsp3) is 0.333. The number of carboxylic acids is 1. The van der Waals surface area contributed by atoms with Crippen molar-refractivity contribution in [1.82, 2.24) is 0 Å². The smallest absolute Gasteiger partial charge is 0.303 e. The van der Waals surface area contributed by atoms with Gasteiger partial charge in [0, 0.05) is 13.0 Å². The van der Waals surface area contributed by atoms with Gasteiger partial charge in [-0.3, -0.25) is 4.79 Å². The Kier molecular flexibility index (Phi) is 5.16. The predicted octanol–water partition coefficient (Wildman–Crippen LogP) is 1.36. The summed E-state index contributed by atoms with van der Waals surface area (Å²) < 4.78 is 0.